The highest BCUT2D eigenvalue weighted by Gasteiger charge is 2.15. The molecule has 0 aromatic heterocycles. The van der Waals surface area contributed by atoms with E-state index in [-0.39, 0.29) is 24.8 Å². The van der Waals surface area contributed by atoms with Crippen LogP contribution in [0.2, 0.25) is 0 Å². The van der Waals surface area contributed by atoms with Crippen LogP contribution < -0.4 is 16.0 Å². The van der Waals surface area contributed by atoms with Crippen LogP contribution in [0.1, 0.15) is 48.7 Å². The first-order valence-corrected chi connectivity index (χ1v) is 9.83. The minimum absolute atomic E-state index is 0.142. The molecule has 0 unspecified atom stereocenters. The highest BCUT2D eigenvalue weighted by Crippen LogP contribution is 2.13. The molecule has 2 aromatic carbocycles. The second-order valence-corrected chi connectivity index (χ2v) is 7.98. The summed E-state index contributed by atoms with van der Waals surface area (Å²) in [5.41, 5.74) is 2.60. The van der Waals surface area contributed by atoms with E-state index in [0.717, 1.165) is 11.1 Å². The van der Waals surface area contributed by atoms with Gasteiger partial charge in [0.15, 0.2) is 0 Å². The molecule has 0 aliphatic carbocycles. The van der Waals surface area contributed by atoms with Gasteiger partial charge >= 0.3 is 6.09 Å². The molecule has 0 atom stereocenters. The van der Waals surface area contributed by atoms with E-state index < -0.39 is 11.7 Å². The Morgan fingerprint density at radius 2 is 1.67 bits per heavy atom. The number of anilines is 1. The molecule has 7 nitrogen and oxygen atoms in total. The van der Waals surface area contributed by atoms with E-state index in [1.165, 1.54) is 0 Å². The van der Waals surface area contributed by atoms with Gasteiger partial charge < -0.3 is 20.7 Å². The van der Waals surface area contributed by atoms with Gasteiger partial charge in [0, 0.05) is 30.8 Å². The maximum Gasteiger partial charge on any atom is 0.407 e. The predicted octanol–water partition coefficient (Wildman–Crippen LogP) is 3.78. The van der Waals surface area contributed by atoms with Crippen molar-refractivity contribution >= 4 is 23.6 Å². The minimum Gasteiger partial charge on any atom is -0.444 e. The maximum absolute atomic E-state index is 12.3. The van der Waals surface area contributed by atoms with E-state index in [1.54, 1.807) is 39.0 Å². The number of carbonyl (C=O) groups excluding carboxylic acids is 3. The van der Waals surface area contributed by atoms with Crippen molar-refractivity contribution in [3.63, 3.8) is 0 Å². The number of rotatable bonds is 7. The van der Waals surface area contributed by atoms with E-state index in [9.17, 15) is 14.4 Å². The molecule has 0 spiro atoms. The van der Waals surface area contributed by atoms with Crippen LogP contribution in [0, 0.1) is 6.92 Å². The molecule has 0 radical (unpaired) electrons. The third-order valence-corrected chi connectivity index (χ3v) is 4.01. The van der Waals surface area contributed by atoms with E-state index in [1.807, 2.05) is 37.3 Å². The molecule has 0 bridgehead atoms. The van der Waals surface area contributed by atoms with E-state index in [2.05, 4.69) is 16.0 Å². The van der Waals surface area contributed by atoms with Gasteiger partial charge in [-0.05, 0) is 57.5 Å². The smallest absolute Gasteiger partial charge is 0.407 e. The lowest BCUT2D eigenvalue weighted by Gasteiger charge is -2.19. The Bertz CT molecular complexity index is 886. The standard InChI is InChI=1S/C23H29N3O4/c1-16-8-10-18(11-9-16)21(28)26-19-7-5-6-17(14-19)15-25-20(27)12-13-24-22(29)30-23(2,3)4/h5-11,14H,12-13,15H2,1-4H3,(H,24,29)(H,25,27)(H,26,28). The summed E-state index contributed by atoms with van der Waals surface area (Å²) >= 11 is 0. The van der Waals surface area contributed by atoms with Crippen molar-refractivity contribution in [1.29, 1.82) is 0 Å². The summed E-state index contributed by atoms with van der Waals surface area (Å²) in [5.74, 6) is -0.385. The fourth-order valence-corrected chi connectivity index (χ4v) is 2.55. The van der Waals surface area contributed by atoms with Crippen molar-refractivity contribution in [1.82, 2.24) is 10.6 Å². The highest BCUT2D eigenvalue weighted by atomic mass is 16.6. The normalized spacial score (nSPS) is 10.8. The van der Waals surface area contributed by atoms with Crippen molar-refractivity contribution < 1.29 is 19.1 Å². The molecule has 0 heterocycles. The number of alkyl carbamates (subject to hydrolysis) is 1. The van der Waals surface area contributed by atoms with Crippen molar-refractivity contribution in [2.75, 3.05) is 11.9 Å². The maximum atomic E-state index is 12.3. The quantitative estimate of drug-likeness (QED) is 0.646. The Morgan fingerprint density at radius 1 is 0.967 bits per heavy atom. The lowest BCUT2D eigenvalue weighted by molar-refractivity contribution is -0.121. The van der Waals surface area contributed by atoms with Gasteiger partial charge in [0.2, 0.25) is 5.91 Å². The average molecular weight is 412 g/mol. The van der Waals surface area contributed by atoms with E-state index >= 15 is 0 Å². The largest absolute Gasteiger partial charge is 0.444 e. The van der Waals surface area contributed by atoms with Crippen molar-refractivity contribution in [3.8, 4) is 0 Å². The van der Waals surface area contributed by atoms with Gasteiger partial charge in [0.05, 0.1) is 0 Å². The number of benzene rings is 2. The van der Waals surface area contributed by atoms with Crippen LogP contribution in [0.5, 0.6) is 0 Å². The molecular weight excluding hydrogens is 382 g/mol. The van der Waals surface area contributed by atoms with E-state index in [0.29, 0.717) is 17.8 Å². The first kappa shape index (κ1) is 22.9. The van der Waals surface area contributed by atoms with Crippen LogP contribution in [0.4, 0.5) is 10.5 Å². The SMILES string of the molecule is Cc1ccc(C(=O)Nc2cccc(CNC(=O)CCNC(=O)OC(C)(C)C)c2)cc1. The van der Waals surface area contributed by atoms with Gasteiger partial charge in [-0.15, -0.1) is 0 Å². The molecule has 3 amide bonds. The van der Waals surface area contributed by atoms with Gasteiger partial charge in [0.25, 0.3) is 5.91 Å². The average Bonchev–Trinajstić information content (AvgIpc) is 2.66. The number of amides is 3. The summed E-state index contributed by atoms with van der Waals surface area (Å²) in [4.78, 5) is 35.9. The third kappa shape index (κ3) is 8.34. The van der Waals surface area contributed by atoms with E-state index in [4.69, 9.17) is 4.74 Å². The first-order valence-electron chi connectivity index (χ1n) is 9.83. The van der Waals surface area contributed by atoms with Gasteiger partial charge in [-0.25, -0.2) is 4.79 Å². The minimum atomic E-state index is -0.577. The second-order valence-electron chi connectivity index (χ2n) is 7.98. The number of hydrogen-bond acceptors (Lipinski definition) is 4. The number of ether oxygens (including phenoxy) is 1. The molecule has 30 heavy (non-hydrogen) atoms. The number of aryl methyl sites for hydroxylation is 1. The van der Waals surface area contributed by atoms with Crippen molar-refractivity contribution in [2.24, 2.45) is 0 Å². The molecule has 2 rings (SSSR count). The molecule has 160 valence electrons. The van der Waals surface area contributed by atoms with Crippen LogP contribution in [-0.2, 0) is 16.1 Å². The summed E-state index contributed by atoms with van der Waals surface area (Å²) < 4.78 is 5.12. The Labute approximate surface area is 177 Å². The number of carbonyl (C=O) groups is 3. The molecule has 0 aliphatic rings. The Balaban J connectivity index is 1.78. The van der Waals surface area contributed by atoms with Crippen molar-refractivity contribution in [2.45, 2.75) is 46.3 Å². The zero-order valence-electron chi connectivity index (χ0n) is 17.9. The fourth-order valence-electron chi connectivity index (χ4n) is 2.55. The first-order chi connectivity index (χ1) is 14.1. The zero-order valence-corrected chi connectivity index (χ0v) is 17.9. The topological polar surface area (TPSA) is 96.5 Å². The summed E-state index contributed by atoms with van der Waals surface area (Å²) in [6.07, 6.45) is -0.407. The molecule has 0 saturated heterocycles. The predicted molar refractivity (Wildman–Crippen MR) is 116 cm³/mol. The molecule has 0 fully saturated rings. The van der Waals surface area contributed by atoms with Crippen LogP contribution in [-0.4, -0.2) is 30.1 Å². The third-order valence-electron chi connectivity index (χ3n) is 4.01. The summed E-state index contributed by atoms with van der Waals surface area (Å²) in [7, 11) is 0. The molecule has 7 heteroatoms. The lowest BCUT2D eigenvalue weighted by Crippen LogP contribution is -2.35. The van der Waals surface area contributed by atoms with Crippen LogP contribution >= 0.6 is 0 Å². The second kappa shape index (κ2) is 10.4. The molecule has 0 saturated carbocycles. The van der Waals surface area contributed by atoms with Crippen LogP contribution in [0.15, 0.2) is 48.5 Å². The zero-order chi connectivity index (χ0) is 22.1. The van der Waals surface area contributed by atoms with Gasteiger partial charge in [-0.1, -0.05) is 29.8 Å². The highest BCUT2D eigenvalue weighted by molar-refractivity contribution is 6.04. The number of nitrogens with one attached hydrogen (secondary N) is 3. The molecular formula is C23H29N3O4. The summed E-state index contributed by atoms with van der Waals surface area (Å²) in [5, 5.41) is 8.20. The summed E-state index contributed by atoms with van der Waals surface area (Å²) in [6.45, 7) is 7.80. The molecule has 2 aromatic rings. The van der Waals surface area contributed by atoms with Gasteiger partial charge in [0.1, 0.15) is 5.60 Å². The van der Waals surface area contributed by atoms with Crippen LogP contribution in [0.3, 0.4) is 0 Å². The summed E-state index contributed by atoms with van der Waals surface area (Å²) in [6, 6.07) is 14.6. The monoisotopic (exact) mass is 411 g/mol. The lowest BCUT2D eigenvalue weighted by atomic mass is 10.1. The van der Waals surface area contributed by atoms with Crippen LogP contribution in [0.25, 0.3) is 0 Å². The van der Waals surface area contributed by atoms with Gasteiger partial charge in [-0.3, -0.25) is 9.59 Å². The Morgan fingerprint density at radius 3 is 2.33 bits per heavy atom. The Hall–Kier alpha value is -3.35. The molecule has 0 aliphatic heterocycles. The van der Waals surface area contributed by atoms with Gasteiger partial charge in [-0.2, -0.15) is 0 Å². The fraction of sp³-hybridized carbons (Fsp3) is 0.348. The Kier molecular flexibility index (Phi) is 7.98. The molecule has 3 N–H and O–H groups in total. The number of hydrogen-bond donors (Lipinski definition) is 3. The van der Waals surface area contributed by atoms with Crippen molar-refractivity contribution in [3.05, 3.63) is 65.2 Å².